The van der Waals surface area contributed by atoms with Gasteiger partial charge in [0.15, 0.2) is 11.6 Å². The molecule has 0 fully saturated rings. The molecule has 23 heavy (non-hydrogen) atoms. The number of fused-ring (bicyclic) bond motifs is 1. The van der Waals surface area contributed by atoms with Crippen LogP contribution in [0.15, 0.2) is 52.8 Å². The fourth-order valence-corrected chi connectivity index (χ4v) is 3.29. The van der Waals surface area contributed by atoms with Crippen LogP contribution < -0.4 is 11.5 Å². The van der Waals surface area contributed by atoms with E-state index in [0.29, 0.717) is 11.3 Å². The maximum absolute atomic E-state index is 12.0. The Kier molecular flexibility index (Phi) is 3.79. The lowest BCUT2D eigenvalue weighted by molar-refractivity contribution is 0.100. The average Bonchev–Trinajstić information content (AvgIpc) is 2.97. The number of aliphatic imine (C=N–C) groups is 1. The molecule has 2 aromatic carbocycles. The van der Waals surface area contributed by atoms with Gasteiger partial charge in [0.2, 0.25) is 0 Å². The van der Waals surface area contributed by atoms with Gasteiger partial charge in [0.05, 0.1) is 6.57 Å². The van der Waals surface area contributed by atoms with E-state index in [1.54, 1.807) is 29.5 Å². The Bertz CT molecular complexity index is 978. The molecule has 0 saturated heterocycles. The van der Waals surface area contributed by atoms with Crippen LogP contribution in [0.25, 0.3) is 26.1 Å². The first-order chi connectivity index (χ1) is 11.1. The number of benzene rings is 2. The van der Waals surface area contributed by atoms with E-state index in [9.17, 15) is 4.79 Å². The number of amides is 1. The van der Waals surface area contributed by atoms with Crippen LogP contribution in [0, 0.1) is 6.57 Å². The SMILES string of the molecule is [C-]#[N+]c1ccccc1-c1csc2ccc(C(=O)N=C(N)N)cc12. The molecule has 4 N–H and O–H groups in total. The van der Waals surface area contributed by atoms with Crippen molar-refractivity contribution in [2.75, 3.05) is 0 Å². The van der Waals surface area contributed by atoms with Gasteiger partial charge < -0.3 is 11.5 Å². The first-order valence-corrected chi connectivity index (χ1v) is 7.60. The smallest absolute Gasteiger partial charge is 0.280 e. The number of guanidine groups is 1. The number of nitrogens with two attached hydrogens (primary N) is 2. The number of rotatable bonds is 2. The van der Waals surface area contributed by atoms with Gasteiger partial charge in [0.1, 0.15) is 0 Å². The maximum atomic E-state index is 12.0. The molecule has 0 radical (unpaired) electrons. The Balaban J connectivity index is 2.18. The van der Waals surface area contributed by atoms with Crippen molar-refractivity contribution in [2.24, 2.45) is 16.5 Å². The van der Waals surface area contributed by atoms with Gasteiger partial charge in [-0.2, -0.15) is 4.99 Å². The van der Waals surface area contributed by atoms with E-state index in [2.05, 4.69) is 9.84 Å². The molecule has 3 aromatic rings. The van der Waals surface area contributed by atoms with E-state index < -0.39 is 5.91 Å². The summed E-state index contributed by atoms with van der Waals surface area (Å²) >= 11 is 1.56. The molecule has 0 unspecified atom stereocenters. The minimum atomic E-state index is -0.484. The zero-order chi connectivity index (χ0) is 16.4. The molecule has 112 valence electrons. The summed E-state index contributed by atoms with van der Waals surface area (Å²) in [5, 5.41) is 2.89. The molecule has 0 saturated carbocycles. The fraction of sp³-hybridized carbons (Fsp3) is 0. The molecular weight excluding hydrogens is 308 g/mol. The van der Waals surface area contributed by atoms with Crippen molar-refractivity contribution in [1.82, 2.24) is 0 Å². The molecule has 3 rings (SSSR count). The second-order valence-electron chi connectivity index (χ2n) is 4.83. The summed E-state index contributed by atoms with van der Waals surface area (Å²) in [6.45, 7) is 7.31. The third-order valence-corrected chi connectivity index (χ3v) is 4.33. The summed E-state index contributed by atoms with van der Waals surface area (Å²) in [7, 11) is 0. The van der Waals surface area contributed by atoms with Crippen LogP contribution >= 0.6 is 11.3 Å². The van der Waals surface area contributed by atoms with Crippen LogP contribution in [0.1, 0.15) is 10.4 Å². The minimum Gasteiger partial charge on any atom is -0.370 e. The number of carbonyl (C=O) groups is 1. The molecule has 1 heterocycles. The van der Waals surface area contributed by atoms with Crippen molar-refractivity contribution in [1.29, 1.82) is 0 Å². The van der Waals surface area contributed by atoms with Crippen LogP contribution in [0.2, 0.25) is 0 Å². The third-order valence-electron chi connectivity index (χ3n) is 3.37. The van der Waals surface area contributed by atoms with Crippen LogP contribution in [0.4, 0.5) is 5.69 Å². The monoisotopic (exact) mass is 320 g/mol. The van der Waals surface area contributed by atoms with Gasteiger partial charge in [-0.3, -0.25) is 4.79 Å². The number of para-hydroxylation sites is 1. The molecule has 0 atom stereocenters. The summed E-state index contributed by atoms with van der Waals surface area (Å²) in [5.41, 5.74) is 13.3. The van der Waals surface area contributed by atoms with Crippen molar-refractivity contribution >= 4 is 39.0 Å². The van der Waals surface area contributed by atoms with Gasteiger partial charge >= 0.3 is 0 Å². The Labute approximate surface area is 136 Å². The van der Waals surface area contributed by atoms with Crippen LogP contribution in [-0.2, 0) is 0 Å². The molecule has 0 bridgehead atoms. The van der Waals surface area contributed by atoms with Crippen LogP contribution in [-0.4, -0.2) is 11.9 Å². The van der Waals surface area contributed by atoms with Gasteiger partial charge in [-0.1, -0.05) is 24.3 Å². The van der Waals surface area contributed by atoms with E-state index in [1.807, 2.05) is 29.6 Å². The molecule has 6 heteroatoms. The summed E-state index contributed by atoms with van der Waals surface area (Å²) in [4.78, 5) is 19.1. The summed E-state index contributed by atoms with van der Waals surface area (Å²) < 4.78 is 1.03. The number of nitrogens with zero attached hydrogens (tertiary/aromatic N) is 2. The van der Waals surface area contributed by atoms with E-state index in [4.69, 9.17) is 18.0 Å². The standard InChI is InChI=1S/C17H12N4OS/c1-20-14-5-3-2-4-11(14)13-9-23-15-7-6-10(8-12(13)15)16(22)21-17(18)19/h2-9H,(H4,18,19,21,22). The lowest BCUT2D eigenvalue weighted by Gasteiger charge is -2.04. The van der Waals surface area contributed by atoms with Crippen molar-refractivity contribution in [3.05, 3.63) is 64.8 Å². The van der Waals surface area contributed by atoms with Gasteiger partial charge in [0.25, 0.3) is 5.91 Å². The Morgan fingerprint density at radius 1 is 1.13 bits per heavy atom. The molecule has 5 nitrogen and oxygen atoms in total. The molecule has 0 aliphatic heterocycles. The van der Waals surface area contributed by atoms with E-state index in [0.717, 1.165) is 21.2 Å². The normalized spacial score (nSPS) is 10.2. The average molecular weight is 320 g/mol. The number of hydrogen-bond acceptors (Lipinski definition) is 2. The van der Waals surface area contributed by atoms with E-state index >= 15 is 0 Å². The lowest BCUT2D eigenvalue weighted by atomic mass is 10.0. The van der Waals surface area contributed by atoms with Crippen molar-refractivity contribution in [3.8, 4) is 11.1 Å². The molecular formula is C17H12N4OS. The highest BCUT2D eigenvalue weighted by Crippen LogP contribution is 2.39. The maximum Gasteiger partial charge on any atom is 0.280 e. The minimum absolute atomic E-state index is 0.265. The molecule has 0 aliphatic carbocycles. The highest BCUT2D eigenvalue weighted by Gasteiger charge is 2.13. The largest absolute Gasteiger partial charge is 0.370 e. The first-order valence-electron chi connectivity index (χ1n) is 6.72. The third kappa shape index (κ3) is 2.78. The predicted molar refractivity (Wildman–Crippen MR) is 93.7 cm³/mol. The highest BCUT2D eigenvalue weighted by molar-refractivity contribution is 7.17. The Morgan fingerprint density at radius 3 is 2.65 bits per heavy atom. The molecule has 0 spiro atoms. The zero-order valence-corrected chi connectivity index (χ0v) is 12.8. The summed E-state index contributed by atoms with van der Waals surface area (Å²) in [6, 6.07) is 12.7. The highest BCUT2D eigenvalue weighted by atomic mass is 32.1. The predicted octanol–water partition coefficient (Wildman–Crippen LogP) is 3.53. The van der Waals surface area contributed by atoms with Crippen molar-refractivity contribution in [2.45, 2.75) is 0 Å². The summed E-state index contributed by atoms with van der Waals surface area (Å²) in [6.07, 6.45) is 0. The molecule has 1 amide bonds. The lowest BCUT2D eigenvalue weighted by Crippen LogP contribution is -2.24. The fourth-order valence-electron chi connectivity index (χ4n) is 2.35. The van der Waals surface area contributed by atoms with E-state index in [1.165, 1.54) is 0 Å². The zero-order valence-electron chi connectivity index (χ0n) is 12.0. The molecule has 1 aromatic heterocycles. The molecule has 0 aliphatic rings. The Morgan fingerprint density at radius 2 is 1.91 bits per heavy atom. The quantitative estimate of drug-likeness (QED) is 0.430. The van der Waals surface area contributed by atoms with Gasteiger partial charge in [-0.15, -0.1) is 11.3 Å². The number of thiophene rings is 1. The Hall–Kier alpha value is -3.17. The summed E-state index contributed by atoms with van der Waals surface area (Å²) in [5.74, 6) is -0.749. The van der Waals surface area contributed by atoms with Gasteiger partial charge in [0, 0.05) is 10.3 Å². The van der Waals surface area contributed by atoms with Crippen molar-refractivity contribution in [3.63, 3.8) is 0 Å². The first kappa shape index (κ1) is 14.8. The van der Waals surface area contributed by atoms with Crippen molar-refractivity contribution < 1.29 is 4.79 Å². The van der Waals surface area contributed by atoms with Gasteiger partial charge in [-0.25, -0.2) is 4.85 Å². The van der Waals surface area contributed by atoms with Gasteiger partial charge in [-0.05, 0) is 40.1 Å². The van der Waals surface area contributed by atoms with E-state index in [-0.39, 0.29) is 5.96 Å². The van der Waals surface area contributed by atoms with Crippen LogP contribution in [0.5, 0.6) is 0 Å². The number of hydrogen-bond donors (Lipinski definition) is 2. The second kappa shape index (κ2) is 5.91. The second-order valence-corrected chi connectivity index (χ2v) is 5.74. The topological polar surface area (TPSA) is 85.8 Å². The number of carbonyl (C=O) groups excluding carboxylic acids is 1. The van der Waals surface area contributed by atoms with Crippen LogP contribution in [0.3, 0.4) is 0 Å².